The normalized spacial score (nSPS) is 15.3. The molecule has 2 aromatic carbocycles. The summed E-state index contributed by atoms with van der Waals surface area (Å²) in [6, 6.07) is 9.52. The van der Waals surface area contributed by atoms with E-state index in [9.17, 15) is 21.4 Å². The number of rotatable bonds is 11. The largest absolute Gasteiger partial charge is 0.456 e. The molecule has 0 fully saturated rings. The Bertz CT molecular complexity index is 1140. The summed E-state index contributed by atoms with van der Waals surface area (Å²) in [6.45, 7) is 10.9. The maximum Gasteiger partial charge on any atom is 0.298 e. The first-order valence-corrected chi connectivity index (χ1v) is 13.9. The van der Waals surface area contributed by atoms with Gasteiger partial charge in [0.25, 0.3) is 20.2 Å². The molecule has 0 aliphatic carbocycles. The molecule has 2 rings (SSSR count). The van der Waals surface area contributed by atoms with Crippen molar-refractivity contribution in [3.05, 3.63) is 48.0 Å². The van der Waals surface area contributed by atoms with E-state index >= 15 is 0 Å². The van der Waals surface area contributed by atoms with Crippen LogP contribution < -0.4 is 4.74 Å². The molecule has 0 saturated heterocycles. The molecule has 0 aliphatic rings. The Kier molecular flexibility index (Phi) is 9.09. The zero-order valence-corrected chi connectivity index (χ0v) is 21.4. The lowest BCUT2D eigenvalue weighted by Crippen LogP contribution is -2.09. The third-order valence-corrected chi connectivity index (χ3v) is 7.34. The van der Waals surface area contributed by atoms with Gasteiger partial charge in [0.1, 0.15) is 16.4 Å². The molecule has 9 heteroatoms. The zero-order chi connectivity index (χ0) is 25.0. The molecule has 0 aromatic heterocycles. The van der Waals surface area contributed by atoms with Gasteiger partial charge in [0, 0.05) is 0 Å². The molecule has 7 nitrogen and oxygen atoms in total. The third-order valence-electron chi connectivity index (χ3n) is 5.60. The van der Waals surface area contributed by atoms with Crippen LogP contribution in [0.4, 0.5) is 0 Å². The highest BCUT2D eigenvalue weighted by Gasteiger charge is 2.22. The van der Waals surface area contributed by atoms with Crippen molar-refractivity contribution in [1.82, 2.24) is 0 Å². The Hall–Kier alpha value is -1.94. The monoisotopic (exact) mass is 498 g/mol. The number of benzene rings is 2. The average molecular weight is 499 g/mol. The molecule has 0 amide bonds. The molecule has 2 N–H and O–H groups in total. The highest BCUT2D eigenvalue weighted by molar-refractivity contribution is 7.86. The number of hydrogen-bond donors (Lipinski definition) is 2. The molecule has 0 aliphatic heterocycles. The van der Waals surface area contributed by atoms with Crippen molar-refractivity contribution >= 4 is 20.2 Å². The molecule has 0 spiro atoms. The molecule has 0 radical (unpaired) electrons. The molecule has 0 bridgehead atoms. The average Bonchev–Trinajstić information content (AvgIpc) is 2.66. The lowest BCUT2D eigenvalue weighted by atomic mass is 9.84. The molecule has 184 valence electrons. The molecule has 33 heavy (non-hydrogen) atoms. The van der Waals surface area contributed by atoms with E-state index in [-0.39, 0.29) is 27.2 Å². The summed E-state index contributed by atoms with van der Waals surface area (Å²) in [5.41, 5.74) is 0.778. The van der Waals surface area contributed by atoms with Crippen molar-refractivity contribution in [3.8, 4) is 11.5 Å². The van der Waals surface area contributed by atoms with Crippen LogP contribution >= 0.6 is 0 Å². The van der Waals surface area contributed by atoms with Crippen molar-refractivity contribution in [3.63, 3.8) is 0 Å². The summed E-state index contributed by atoms with van der Waals surface area (Å²) in [5.74, 6) is 1.88. The lowest BCUT2D eigenvalue weighted by Gasteiger charge is -2.22. The van der Waals surface area contributed by atoms with Crippen molar-refractivity contribution in [2.45, 2.75) is 69.6 Å². The van der Waals surface area contributed by atoms with E-state index in [0.29, 0.717) is 17.8 Å². The Morgan fingerprint density at radius 3 is 1.85 bits per heavy atom. The van der Waals surface area contributed by atoms with E-state index in [1.165, 1.54) is 30.7 Å². The van der Waals surface area contributed by atoms with Crippen LogP contribution in [0.25, 0.3) is 0 Å². The Labute approximate surface area is 197 Å². The van der Waals surface area contributed by atoms with Gasteiger partial charge in [-0.25, -0.2) is 0 Å². The van der Waals surface area contributed by atoms with Crippen molar-refractivity contribution in [2.24, 2.45) is 17.8 Å². The van der Waals surface area contributed by atoms with Gasteiger partial charge in [-0.3, -0.25) is 9.11 Å². The van der Waals surface area contributed by atoms with Gasteiger partial charge in [-0.1, -0.05) is 40.7 Å². The van der Waals surface area contributed by atoms with E-state index in [4.69, 9.17) is 9.29 Å². The van der Waals surface area contributed by atoms with Crippen LogP contribution in [0.3, 0.4) is 0 Å². The fourth-order valence-corrected chi connectivity index (χ4v) is 5.48. The number of hydrogen-bond acceptors (Lipinski definition) is 5. The summed E-state index contributed by atoms with van der Waals surface area (Å²) in [6.07, 6.45) is 3.14. The predicted octanol–water partition coefficient (Wildman–Crippen LogP) is 6.17. The molecule has 0 saturated carbocycles. The van der Waals surface area contributed by atoms with E-state index in [1.807, 2.05) is 6.92 Å². The van der Waals surface area contributed by atoms with Crippen molar-refractivity contribution in [1.29, 1.82) is 0 Å². The summed E-state index contributed by atoms with van der Waals surface area (Å²) >= 11 is 0. The van der Waals surface area contributed by atoms with Crippen LogP contribution in [0.5, 0.6) is 11.5 Å². The smallest absolute Gasteiger partial charge is 0.298 e. The molecular formula is C24H34O7S2. The van der Waals surface area contributed by atoms with Crippen LogP contribution in [0, 0.1) is 17.8 Å². The zero-order valence-electron chi connectivity index (χ0n) is 19.7. The van der Waals surface area contributed by atoms with Gasteiger partial charge in [0.15, 0.2) is 0 Å². The molecule has 3 unspecified atom stereocenters. The maximum absolute atomic E-state index is 12.0. The van der Waals surface area contributed by atoms with Gasteiger partial charge >= 0.3 is 0 Å². The highest BCUT2D eigenvalue weighted by Crippen LogP contribution is 2.35. The van der Waals surface area contributed by atoms with Gasteiger partial charge in [-0.2, -0.15) is 16.8 Å². The van der Waals surface area contributed by atoms with Gasteiger partial charge < -0.3 is 4.74 Å². The third kappa shape index (κ3) is 8.41. The highest BCUT2D eigenvalue weighted by atomic mass is 32.2. The number of ether oxygens (including phenoxy) is 1. The van der Waals surface area contributed by atoms with Crippen LogP contribution in [0.1, 0.15) is 65.4 Å². The lowest BCUT2D eigenvalue weighted by molar-refractivity contribution is 0.333. The Balaban J connectivity index is 2.22. The van der Waals surface area contributed by atoms with E-state index in [0.717, 1.165) is 30.5 Å². The van der Waals surface area contributed by atoms with Crippen LogP contribution in [0.2, 0.25) is 0 Å². The second-order valence-corrected chi connectivity index (χ2v) is 12.3. The predicted molar refractivity (Wildman–Crippen MR) is 128 cm³/mol. The summed E-state index contributed by atoms with van der Waals surface area (Å²) in [7, 11) is -8.92. The van der Waals surface area contributed by atoms with Crippen LogP contribution in [0.15, 0.2) is 52.3 Å². The Morgan fingerprint density at radius 2 is 1.33 bits per heavy atom. The summed E-state index contributed by atoms with van der Waals surface area (Å²) in [4.78, 5) is -0.669. The first-order valence-electron chi connectivity index (χ1n) is 11.0. The minimum atomic E-state index is -4.56. The quantitative estimate of drug-likeness (QED) is 0.355. The minimum absolute atomic E-state index is 0.0772. The van der Waals surface area contributed by atoms with Gasteiger partial charge in [-0.15, -0.1) is 0 Å². The second-order valence-electron chi connectivity index (χ2n) is 9.44. The SMILES string of the molecule is CC(C)CC(C)CC(C)CC(C)c1ccc(Oc2ccc(S(=O)(=O)O)cc2)c(S(=O)(=O)O)c1. The topological polar surface area (TPSA) is 118 Å². The minimum Gasteiger partial charge on any atom is -0.456 e. The van der Waals surface area contributed by atoms with Gasteiger partial charge in [0.05, 0.1) is 4.90 Å². The standard InChI is InChI=1S/C24H34O7S2/c1-16(2)12-17(3)13-18(4)14-19(5)20-6-11-23(24(15-20)33(28,29)30)31-21-7-9-22(10-8-21)32(25,26)27/h6-11,15-19H,12-14H2,1-5H3,(H,25,26,27)(H,28,29,30). The first-order chi connectivity index (χ1) is 15.2. The van der Waals surface area contributed by atoms with E-state index in [1.54, 1.807) is 6.07 Å². The van der Waals surface area contributed by atoms with Crippen molar-refractivity contribution < 1.29 is 30.7 Å². The summed E-state index contributed by atoms with van der Waals surface area (Å²) in [5, 5.41) is 0. The Morgan fingerprint density at radius 1 is 0.758 bits per heavy atom. The molecule has 2 aromatic rings. The molecule has 0 heterocycles. The van der Waals surface area contributed by atoms with Gasteiger partial charge in [-0.05, 0) is 84.9 Å². The van der Waals surface area contributed by atoms with Crippen molar-refractivity contribution in [2.75, 3.05) is 0 Å². The fraction of sp³-hybridized carbons (Fsp3) is 0.500. The maximum atomic E-state index is 12.0. The van der Waals surface area contributed by atoms with Crippen LogP contribution in [-0.2, 0) is 20.2 Å². The second kappa shape index (κ2) is 11.0. The first kappa shape index (κ1) is 27.3. The summed E-state index contributed by atoms with van der Waals surface area (Å²) < 4.78 is 70.9. The van der Waals surface area contributed by atoms with Crippen LogP contribution in [-0.4, -0.2) is 25.9 Å². The molecule has 3 atom stereocenters. The van der Waals surface area contributed by atoms with E-state index in [2.05, 4.69) is 27.7 Å². The van der Waals surface area contributed by atoms with Gasteiger partial charge in [0.2, 0.25) is 0 Å². The fourth-order valence-electron chi connectivity index (χ4n) is 4.35. The molecular weight excluding hydrogens is 464 g/mol. The van der Waals surface area contributed by atoms with E-state index < -0.39 is 20.2 Å².